The van der Waals surface area contributed by atoms with Gasteiger partial charge in [-0.1, -0.05) is 6.42 Å². The summed E-state index contributed by atoms with van der Waals surface area (Å²) in [5.41, 5.74) is 0. The van der Waals surface area contributed by atoms with E-state index in [4.69, 9.17) is 9.84 Å². The second kappa shape index (κ2) is 6.18. The average molecular weight is 255 g/mol. The maximum Gasteiger partial charge on any atom is 0.307 e. The molecule has 0 spiro atoms. The first-order chi connectivity index (χ1) is 8.68. The minimum Gasteiger partial charge on any atom is -0.481 e. The van der Waals surface area contributed by atoms with Gasteiger partial charge in [0.2, 0.25) is 5.91 Å². The fraction of sp³-hybridized carbons (Fsp3) is 0.846. The predicted molar refractivity (Wildman–Crippen MR) is 65.1 cm³/mol. The van der Waals surface area contributed by atoms with E-state index < -0.39 is 11.9 Å². The molecule has 5 nitrogen and oxygen atoms in total. The number of carbonyl (C=O) groups excluding carboxylic acids is 1. The van der Waals surface area contributed by atoms with Gasteiger partial charge in [-0.2, -0.15) is 0 Å². The van der Waals surface area contributed by atoms with Gasteiger partial charge in [-0.3, -0.25) is 9.59 Å². The zero-order valence-electron chi connectivity index (χ0n) is 10.6. The van der Waals surface area contributed by atoms with Gasteiger partial charge >= 0.3 is 5.97 Å². The highest BCUT2D eigenvalue weighted by atomic mass is 16.5. The fourth-order valence-electron chi connectivity index (χ4n) is 2.88. The van der Waals surface area contributed by atoms with Crippen molar-refractivity contribution in [2.45, 2.75) is 44.6 Å². The molecule has 2 rings (SSSR count). The molecule has 102 valence electrons. The van der Waals surface area contributed by atoms with Crippen molar-refractivity contribution in [3.8, 4) is 0 Å². The van der Waals surface area contributed by atoms with Gasteiger partial charge in [0.15, 0.2) is 0 Å². The van der Waals surface area contributed by atoms with Gasteiger partial charge in [0.25, 0.3) is 0 Å². The zero-order valence-corrected chi connectivity index (χ0v) is 10.6. The summed E-state index contributed by atoms with van der Waals surface area (Å²) < 4.78 is 5.53. The van der Waals surface area contributed by atoms with E-state index in [2.05, 4.69) is 5.32 Å². The van der Waals surface area contributed by atoms with Crippen LogP contribution in [-0.4, -0.2) is 36.2 Å². The van der Waals surface area contributed by atoms with Crippen molar-refractivity contribution in [3.05, 3.63) is 0 Å². The van der Waals surface area contributed by atoms with E-state index in [0.29, 0.717) is 19.4 Å². The van der Waals surface area contributed by atoms with E-state index in [1.807, 2.05) is 0 Å². The Morgan fingerprint density at radius 3 is 2.56 bits per heavy atom. The zero-order chi connectivity index (χ0) is 13.0. The van der Waals surface area contributed by atoms with Crippen LogP contribution in [0.2, 0.25) is 0 Å². The molecule has 5 heteroatoms. The molecule has 2 fully saturated rings. The molecule has 1 unspecified atom stereocenters. The van der Waals surface area contributed by atoms with E-state index in [9.17, 15) is 9.59 Å². The quantitative estimate of drug-likeness (QED) is 0.790. The number of aliphatic carboxylic acids is 1. The number of ether oxygens (including phenoxy) is 1. The maximum absolute atomic E-state index is 12.0. The van der Waals surface area contributed by atoms with Gasteiger partial charge in [0.1, 0.15) is 0 Å². The third kappa shape index (κ3) is 3.22. The average Bonchev–Trinajstić information content (AvgIpc) is 2.86. The second-order valence-electron chi connectivity index (χ2n) is 5.22. The van der Waals surface area contributed by atoms with Crippen molar-refractivity contribution in [1.29, 1.82) is 0 Å². The maximum atomic E-state index is 12.0. The molecule has 2 aliphatic rings. The minimum atomic E-state index is -0.846. The lowest BCUT2D eigenvalue weighted by Gasteiger charge is -2.24. The van der Waals surface area contributed by atoms with Crippen molar-refractivity contribution in [2.75, 3.05) is 13.2 Å². The standard InChI is InChI=1S/C13H21NO4/c15-12(10-5-3-6-11(10)13(16)17)14-8-9-4-1-2-7-18-9/h9-11H,1-8H2,(H,14,15)(H,16,17)/t9?,10-,11+/m1/s1. The molecule has 1 aliphatic carbocycles. The Morgan fingerprint density at radius 1 is 1.11 bits per heavy atom. The van der Waals surface area contributed by atoms with Crippen molar-refractivity contribution in [2.24, 2.45) is 11.8 Å². The Bertz CT molecular complexity index is 312. The SMILES string of the molecule is O=C(O)[C@H]1CCC[C@H]1C(=O)NCC1CCCCO1. The summed E-state index contributed by atoms with van der Waals surface area (Å²) in [6, 6.07) is 0. The highest BCUT2D eigenvalue weighted by Gasteiger charge is 2.37. The topological polar surface area (TPSA) is 75.6 Å². The van der Waals surface area contributed by atoms with Gasteiger partial charge in [-0.25, -0.2) is 0 Å². The number of carboxylic acid groups (broad SMARTS) is 1. The van der Waals surface area contributed by atoms with Crippen LogP contribution >= 0.6 is 0 Å². The summed E-state index contributed by atoms with van der Waals surface area (Å²) in [6.45, 7) is 1.28. The van der Waals surface area contributed by atoms with Crippen LogP contribution in [0.5, 0.6) is 0 Å². The molecule has 1 saturated heterocycles. The van der Waals surface area contributed by atoms with Crippen LogP contribution in [0.15, 0.2) is 0 Å². The lowest BCUT2D eigenvalue weighted by molar-refractivity contribution is -0.146. The number of carboxylic acids is 1. The highest BCUT2D eigenvalue weighted by molar-refractivity contribution is 5.85. The third-order valence-electron chi connectivity index (χ3n) is 3.95. The fourth-order valence-corrected chi connectivity index (χ4v) is 2.88. The van der Waals surface area contributed by atoms with Crippen LogP contribution in [-0.2, 0) is 14.3 Å². The molecule has 0 aromatic rings. The summed E-state index contributed by atoms with van der Waals surface area (Å²) in [6.07, 6.45) is 5.45. The van der Waals surface area contributed by atoms with E-state index in [1.54, 1.807) is 0 Å². The molecular formula is C13H21NO4. The van der Waals surface area contributed by atoms with Gasteiger partial charge in [-0.15, -0.1) is 0 Å². The van der Waals surface area contributed by atoms with Crippen LogP contribution in [0, 0.1) is 11.8 Å². The number of amides is 1. The molecule has 3 atom stereocenters. The Labute approximate surface area is 107 Å². The van der Waals surface area contributed by atoms with Gasteiger partial charge in [0.05, 0.1) is 17.9 Å². The molecule has 1 heterocycles. The summed E-state index contributed by atoms with van der Waals surface area (Å²) in [4.78, 5) is 23.0. The van der Waals surface area contributed by atoms with Crippen LogP contribution in [0.3, 0.4) is 0 Å². The molecule has 2 N–H and O–H groups in total. The van der Waals surface area contributed by atoms with Crippen LogP contribution < -0.4 is 5.32 Å². The highest BCUT2D eigenvalue weighted by Crippen LogP contribution is 2.32. The second-order valence-corrected chi connectivity index (χ2v) is 5.22. The first-order valence-electron chi connectivity index (χ1n) is 6.80. The number of hydrogen-bond donors (Lipinski definition) is 2. The molecule has 0 radical (unpaired) electrons. The van der Waals surface area contributed by atoms with Gasteiger partial charge in [0, 0.05) is 13.2 Å². The van der Waals surface area contributed by atoms with E-state index in [0.717, 1.165) is 32.3 Å². The van der Waals surface area contributed by atoms with Gasteiger partial charge < -0.3 is 15.2 Å². The summed E-state index contributed by atoms with van der Waals surface area (Å²) in [5.74, 6) is -1.82. The monoisotopic (exact) mass is 255 g/mol. The Balaban J connectivity index is 1.78. The molecule has 0 bridgehead atoms. The first kappa shape index (κ1) is 13.3. The van der Waals surface area contributed by atoms with Crippen LogP contribution in [0.4, 0.5) is 0 Å². The van der Waals surface area contributed by atoms with Gasteiger partial charge in [-0.05, 0) is 32.1 Å². The Hall–Kier alpha value is -1.10. The van der Waals surface area contributed by atoms with Crippen LogP contribution in [0.25, 0.3) is 0 Å². The minimum absolute atomic E-state index is 0.104. The number of carbonyl (C=O) groups is 2. The number of hydrogen-bond acceptors (Lipinski definition) is 3. The molecule has 0 aromatic heterocycles. The van der Waals surface area contributed by atoms with Crippen molar-refractivity contribution < 1.29 is 19.4 Å². The largest absolute Gasteiger partial charge is 0.481 e. The molecular weight excluding hydrogens is 234 g/mol. The van der Waals surface area contributed by atoms with Crippen LogP contribution in [0.1, 0.15) is 38.5 Å². The normalized spacial score (nSPS) is 32.1. The van der Waals surface area contributed by atoms with E-state index in [1.165, 1.54) is 0 Å². The van der Waals surface area contributed by atoms with Crippen molar-refractivity contribution in [1.82, 2.24) is 5.32 Å². The lowest BCUT2D eigenvalue weighted by atomic mass is 9.95. The molecule has 1 amide bonds. The molecule has 18 heavy (non-hydrogen) atoms. The number of nitrogens with one attached hydrogen (secondary N) is 1. The molecule has 1 aliphatic heterocycles. The third-order valence-corrected chi connectivity index (χ3v) is 3.95. The first-order valence-corrected chi connectivity index (χ1v) is 6.80. The Morgan fingerprint density at radius 2 is 1.89 bits per heavy atom. The summed E-state index contributed by atoms with van der Waals surface area (Å²) >= 11 is 0. The van der Waals surface area contributed by atoms with E-state index in [-0.39, 0.29) is 17.9 Å². The Kier molecular flexibility index (Phi) is 4.58. The van der Waals surface area contributed by atoms with E-state index >= 15 is 0 Å². The van der Waals surface area contributed by atoms with Crippen molar-refractivity contribution >= 4 is 11.9 Å². The molecule has 0 aromatic carbocycles. The smallest absolute Gasteiger partial charge is 0.307 e. The predicted octanol–water partition coefficient (Wildman–Crippen LogP) is 1.17. The summed E-state index contributed by atoms with van der Waals surface area (Å²) in [7, 11) is 0. The van der Waals surface area contributed by atoms with Crippen molar-refractivity contribution in [3.63, 3.8) is 0 Å². The molecule has 1 saturated carbocycles. The summed E-state index contributed by atoms with van der Waals surface area (Å²) in [5, 5.41) is 11.9. The number of rotatable bonds is 4. The lowest BCUT2D eigenvalue weighted by Crippen LogP contribution is -2.40.